The molecular formula is C28H29N7O2. The summed E-state index contributed by atoms with van der Waals surface area (Å²) in [6, 6.07) is 16.6. The Bertz CT molecular complexity index is 1470. The molecule has 1 atom stereocenters. The number of nitriles is 1. The number of aryl methyl sites for hydroxylation is 1. The van der Waals surface area contributed by atoms with E-state index in [1.807, 2.05) is 42.6 Å². The lowest BCUT2D eigenvalue weighted by atomic mass is 9.79. The van der Waals surface area contributed by atoms with Crippen LogP contribution in [0.2, 0.25) is 0 Å². The number of hydrogen-bond acceptors (Lipinski definition) is 8. The lowest BCUT2D eigenvalue weighted by molar-refractivity contribution is 0.188. The highest BCUT2D eigenvalue weighted by molar-refractivity contribution is 5.90. The normalized spacial score (nSPS) is 19.6. The average molecular weight is 496 g/mol. The van der Waals surface area contributed by atoms with Gasteiger partial charge in [-0.25, -0.2) is 9.97 Å². The molecule has 4 heterocycles. The van der Waals surface area contributed by atoms with Gasteiger partial charge in [0.05, 0.1) is 25.3 Å². The first kappa shape index (κ1) is 23.4. The number of aliphatic hydroxyl groups excluding tert-OH is 1. The van der Waals surface area contributed by atoms with Gasteiger partial charge < -0.3 is 14.7 Å². The van der Waals surface area contributed by atoms with Crippen molar-refractivity contribution < 1.29 is 9.84 Å². The number of pyridine rings is 2. The third-order valence-electron chi connectivity index (χ3n) is 7.70. The third kappa shape index (κ3) is 3.89. The number of aromatic nitrogens is 4. The molecule has 1 aromatic carbocycles. The summed E-state index contributed by atoms with van der Waals surface area (Å²) in [4.78, 5) is 14.3. The largest absolute Gasteiger partial charge is 0.495 e. The second kappa shape index (κ2) is 9.47. The van der Waals surface area contributed by atoms with E-state index in [1.54, 1.807) is 7.11 Å². The van der Waals surface area contributed by atoms with E-state index >= 15 is 0 Å². The summed E-state index contributed by atoms with van der Waals surface area (Å²) in [6.07, 6.45) is 3.32. The number of methoxy groups -OCH3 is 1. The topological polar surface area (TPSA) is 114 Å². The standard InChI is InChI=1S/C28H29N7O2/c1-37-23-16-22-26(31-27(23)28(18-29)9-8-19-4-2-3-5-21(19)28)25(33-32-22)20-6-7-24(30-17-20)35-12-10-34(11-13-35)14-15-36/h2-7,16-17,36H,8-15H2,1H3,(H,32,33). The first-order valence-electron chi connectivity index (χ1n) is 12.6. The highest BCUT2D eigenvalue weighted by Crippen LogP contribution is 2.47. The Kier molecular flexibility index (Phi) is 5.99. The Morgan fingerprint density at radius 2 is 2.00 bits per heavy atom. The van der Waals surface area contributed by atoms with Crippen molar-refractivity contribution in [2.45, 2.75) is 18.3 Å². The number of hydrogen-bond donors (Lipinski definition) is 2. The van der Waals surface area contributed by atoms with Gasteiger partial charge in [-0.05, 0) is 36.1 Å². The highest BCUT2D eigenvalue weighted by atomic mass is 16.5. The fourth-order valence-corrected chi connectivity index (χ4v) is 5.67. The van der Waals surface area contributed by atoms with Crippen molar-refractivity contribution in [1.82, 2.24) is 25.1 Å². The smallest absolute Gasteiger partial charge is 0.144 e. The van der Waals surface area contributed by atoms with Crippen LogP contribution in [0.1, 0.15) is 23.2 Å². The molecule has 1 fully saturated rings. The van der Waals surface area contributed by atoms with E-state index < -0.39 is 5.41 Å². The van der Waals surface area contributed by atoms with E-state index in [4.69, 9.17) is 14.7 Å². The summed E-state index contributed by atoms with van der Waals surface area (Å²) in [5, 5.41) is 27.3. The molecule has 1 saturated heterocycles. The van der Waals surface area contributed by atoms with Gasteiger partial charge in [-0.15, -0.1) is 0 Å². The number of aromatic amines is 1. The molecule has 0 saturated carbocycles. The fraction of sp³-hybridized carbons (Fsp3) is 0.357. The SMILES string of the molecule is COc1cc2[nH]nc(-c3ccc(N4CCN(CCO)CC4)nc3)c2nc1C1(C#N)CCc2ccccc21. The Morgan fingerprint density at radius 1 is 1.16 bits per heavy atom. The van der Waals surface area contributed by atoms with Crippen molar-refractivity contribution in [2.24, 2.45) is 0 Å². The Balaban J connectivity index is 1.36. The molecule has 0 amide bonds. The predicted molar refractivity (Wildman–Crippen MR) is 141 cm³/mol. The van der Waals surface area contributed by atoms with Gasteiger partial charge in [-0.3, -0.25) is 10.00 Å². The van der Waals surface area contributed by atoms with Gasteiger partial charge in [0, 0.05) is 50.6 Å². The molecule has 9 nitrogen and oxygen atoms in total. The van der Waals surface area contributed by atoms with Gasteiger partial charge in [0.15, 0.2) is 0 Å². The number of aliphatic hydroxyl groups is 1. The molecule has 0 radical (unpaired) electrons. The van der Waals surface area contributed by atoms with Crippen LogP contribution < -0.4 is 9.64 Å². The molecule has 0 spiro atoms. The van der Waals surface area contributed by atoms with Crippen LogP contribution in [0.3, 0.4) is 0 Å². The zero-order valence-electron chi connectivity index (χ0n) is 20.8. The minimum absolute atomic E-state index is 0.189. The maximum Gasteiger partial charge on any atom is 0.144 e. The summed E-state index contributed by atoms with van der Waals surface area (Å²) in [5.74, 6) is 1.50. The van der Waals surface area contributed by atoms with Crippen LogP contribution in [0, 0.1) is 11.3 Å². The van der Waals surface area contributed by atoms with E-state index in [0.717, 1.165) is 55.1 Å². The van der Waals surface area contributed by atoms with Crippen LogP contribution in [0.25, 0.3) is 22.3 Å². The number of fused-ring (bicyclic) bond motifs is 2. The molecule has 1 aliphatic heterocycles. The molecule has 1 aliphatic carbocycles. The summed E-state index contributed by atoms with van der Waals surface area (Å²) in [5.41, 5.74) is 4.94. The van der Waals surface area contributed by atoms with Gasteiger partial charge >= 0.3 is 0 Å². The number of nitrogens with one attached hydrogen (secondary N) is 1. The predicted octanol–water partition coefficient (Wildman–Crippen LogP) is 2.90. The van der Waals surface area contributed by atoms with Gasteiger partial charge in [-0.2, -0.15) is 10.4 Å². The quantitative estimate of drug-likeness (QED) is 0.420. The van der Waals surface area contributed by atoms with E-state index in [2.05, 4.69) is 32.1 Å². The number of benzene rings is 1. The van der Waals surface area contributed by atoms with Crippen molar-refractivity contribution in [1.29, 1.82) is 5.26 Å². The van der Waals surface area contributed by atoms with E-state index in [0.29, 0.717) is 35.6 Å². The van der Waals surface area contributed by atoms with Crippen molar-refractivity contribution in [2.75, 3.05) is 51.3 Å². The van der Waals surface area contributed by atoms with Gasteiger partial charge in [0.1, 0.15) is 33.9 Å². The van der Waals surface area contributed by atoms with E-state index in [9.17, 15) is 10.4 Å². The molecule has 0 bridgehead atoms. The number of ether oxygens (including phenoxy) is 1. The molecule has 4 aromatic rings. The zero-order valence-corrected chi connectivity index (χ0v) is 20.8. The summed E-state index contributed by atoms with van der Waals surface area (Å²) in [7, 11) is 1.61. The summed E-state index contributed by atoms with van der Waals surface area (Å²) in [6.45, 7) is 4.47. The van der Waals surface area contributed by atoms with Crippen molar-refractivity contribution >= 4 is 16.9 Å². The zero-order chi connectivity index (χ0) is 25.4. The van der Waals surface area contributed by atoms with Crippen LogP contribution in [-0.4, -0.2) is 76.6 Å². The maximum atomic E-state index is 10.4. The molecule has 2 N–H and O–H groups in total. The number of rotatable bonds is 6. The second-order valence-electron chi connectivity index (χ2n) is 9.64. The molecule has 9 heteroatoms. The number of anilines is 1. The number of piperazine rings is 1. The van der Waals surface area contributed by atoms with Gasteiger partial charge in [0.2, 0.25) is 0 Å². The lowest BCUT2D eigenvalue weighted by Crippen LogP contribution is -2.47. The first-order valence-corrected chi connectivity index (χ1v) is 12.6. The first-order chi connectivity index (χ1) is 18.2. The van der Waals surface area contributed by atoms with Crippen molar-refractivity contribution in [3.8, 4) is 23.1 Å². The van der Waals surface area contributed by atoms with Crippen LogP contribution in [-0.2, 0) is 11.8 Å². The number of nitrogens with zero attached hydrogens (tertiary/aromatic N) is 6. The second-order valence-corrected chi connectivity index (χ2v) is 9.64. The van der Waals surface area contributed by atoms with Crippen LogP contribution >= 0.6 is 0 Å². The average Bonchev–Trinajstić information content (AvgIpc) is 3.55. The number of β-amino-alcohol motifs (C(OH)–C–C–N with tert-alkyl or cyclic N) is 1. The summed E-state index contributed by atoms with van der Waals surface area (Å²) < 4.78 is 5.73. The van der Waals surface area contributed by atoms with Crippen LogP contribution in [0.15, 0.2) is 48.7 Å². The van der Waals surface area contributed by atoms with E-state index in [1.165, 1.54) is 5.56 Å². The molecular weight excluding hydrogens is 466 g/mol. The van der Waals surface area contributed by atoms with Gasteiger partial charge in [-0.1, -0.05) is 24.3 Å². The Morgan fingerprint density at radius 3 is 2.73 bits per heavy atom. The number of H-pyrrole nitrogens is 1. The molecule has 6 rings (SSSR count). The highest BCUT2D eigenvalue weighted by Gasteiger charge is 2.44. The Hall–Kier alpha value is -4.00. The molecule has 37 heavy (non-hydrogen) atoms. The minimum atomic E-state index is -0.870. The third-order valence-corrected chi connectivity index (χ3v) is 7.70. The maximum absolute atomic E-state index is 10.4. The lowest BCUT2D eigenvalue weighted by Gasteiger charge is -2.35. The molecule has 188 valence electrons. The molecule has 1 unspecified atom stereocenters. The summed E-state index contributed by atoms with van der Waals surface area (Å²) >= 11 is 0. The van der Waals surface area contributed by atoms with Gasteiger partial charge in [0.25, 0.3) is 0 Å². The van der Waals surface area contributed by atoms with Crippen molar-refractivity contribution in [3.63, 3.8) is 0 Å². The van der Waals surface area contributed by atoms with Crippen LogP contribution in [0.4, 0.5) is 5.82 Å². The molecule has 2 aliphatic rings. The fourth-order valence-electron chi connectivity index (χ4n) is 5.67. The molecule has 3 aromatic heterocycles. The van der Waals surface area contributed by atoms with Crippen LogP contribution in [0.5, 0.6) is 5.75 Å². The van der Waals surface area contributed by atoms with E-state index in [-0.39, 0.29) is 6.61 Å². The Labute approximate surface area is 215 Å². The minimum Gasteiger partial charge on any atom is -0.495 e. The van der Waals surface area contributed by atoms with Crippen molar-refractivity contribution in [3.05, 3.63) is 65.5 Å². The monoisotopic (exact) mass is 495 g/mol.